The van der Waals surface area contributed by atoms with Crippen molar-refractivity contribution >= 4 is 23.3 Å². The fraction of sp³-hybridized carbons (Fsp3) is 0.286. The van der Waals surface area contributed by atoms with Crippen molar-refractivity contribution < 1.29 is 4.79 Å². The van der Waals surface area contributed by atoms with Crippen LogP contribution in [0.5, 0.6) is 0 Å². The van der Waals surface area contributed by atoms with Crippen LogP contribution in [0.2, 0.25) is 5.02 Å². The van der Waals surface area contributed by atoms with Crippen molar-refractivity contribution in [1.82, 2.24) is 20.5 Å². The molecule has 6 nitrogen and oxygen atoms in total. The first-order chi connectivity index (χ1) is 13.7. The smallest absolute Gasteiger partial charge is 0.251 e. The summed E-state index contributed by atoms with van der Waals surface area (Å²) < 4.78 is 0. The Bertz CT molecular complexity index is 935. The number of hydrogen-bond acceptors (Lipinski definition) is 4. The van der Waals surface area contributed by atoms with E-state index in [0.29, 0.717) is 23.0 Å². The van der Waals surface area contributed by atoms with Gasteiger partial charge < -0.3 is 10.2 Å². The third-order valence-corrected chi connectivity index (χ3v) is 5.32. The van der Waals surface area contributed by atoms with Crippen LogP contribution < -0.4 is 10.2 Å². The predicted octanol–water partition coefficient (Wildman–Crippen LogP) is 3.77. The minimum Gasteiger partial charge on any atom is -0.355 e. The number of aromatic nitrogens is 3. The van der Waals surface area contributed by atoms with E-state index in [-0.39, 0.29) is 5.91 Å². The molecule has 0 spiro atoms. The maximum Gasteiger partial charge on any atom is 0.251 e. The van der Waals surface area contributed by atoms with Crippen molar-refractivity contribution in [2.75, 3.05) is 24.5 Å². The summed E-state index contributed by atoms with van der Waals surface area (Å²) >= 11 is 5.95. The Morgan fingerprint density at radius 3 is 2.79 bits per heavy atom. The number of carbonyl (C=O) groups excluding carboxylic acids is 1. The summed E-state index contributed by atoms with van der Waals surface area (Å²) in [5.74, 6) is 1.34. The number of piperidine rings is 1. The van der Waals surface area contributed by atoms with Crippen LogP contribution >= 0.6 is 11.6 Å². The van der Waals surface area contributed by atoms with Gasteiger partial charge >= 0.3 is 0 Å². The van der Waals surface area contributed by atoms with Crippen LogP contribution in [-0.2, 0) is 0 Å². The highest BCUT2D eigenvalue weighted by atomic mass is 35.5. The Labute approximate surface area is 168 Å². The lowest BCUT2D eigenvalue weighted by molar-refractivity contribution is 0.0945. The van der Waals surface area contributed by atoms with Gasteiger partial charge in [-0.1, -0.05) is 23.7 Å². The van der Waals surface area contributed by atoms with Crippen molar-refractivity contribution in [3.63, 3.8) is 0 Å². The van der Waals surface area contributed by atoms with Gasteiger partial charge in [-0.15, -0.1) is 0 Å². The summed E-state index contributed by atoms with van der Waals surface area (Å²) in [6.07, 6.45) is 3.81. The van der Waals surface area contributed by atoms with Crippen LogP contribution in [-0.4, -0.2) is 40.7 Å². The summed E-state index contributed by atoms with van der Waals surface area (Å²) in [7, 11) is 0. The molecule has 1 fully saturated rings. The van der Waals surface area contributed by atoms with Crippen molar-refractivity contribution in [1.29, 1.82) is 0 Å². The highest BCUT2D eigenvalue weighted by Crippen LogP contribution is 2.24. The molecule has 0 aliphatic carbocycles. The van der Waals surface area contributed by atoms with Crippen molar-refractivity contribution in [3.8, 4) is 11.4 Å². The van der Waals surface area contributed by atoms with Gasteiger partial charge in [-0.3, -0.25) is 14.9 Å². The van der Waals surface area contributed by atoms with E-state index in [1.54, 1.807) is 30.5 Å². The molecule has 1 aromatic carbocycles. The first-order valence-corrected chi connectivity index (χ1v) is 9.82. The molecule has 4 rings (SSSR count). The molecule has 0 saturated carbocycles. The van der Waals surface area contributed by atoms with Gasteiger partial charge in [0.05, 0.1) is 11.4 Å². The molecule has 1 aliphatic heterocycles. The Morgan fingerprint density at radius 1 is 1.18 bits per heavy atom. The Morgan fingerprint density at radius 2 is 2.04 bits per heavy atom. The number of nitrogens with one attached hydrogen (secondary N) is 2. The quantitative estimate of drug-likeness (QED) is 0.689. The minimum absolute atomic E-state index is 0.0720. The van der Waals surface area contributed by atoms with E-state index in [1.165, 1.54) is 0 Å². The fourth-order valence-electron chi connectivity index (χ4n) is 3.46. The molecular formula is C21H22ClN5O. The number of carbonyl (C=O) groups is 1. The number of H-pyrrole nitrogens is 1. The lowest BCUT2D eigenvalue weighted by Gasteiger charge is -2.32. The SMILES string of the molecule is O=C(NCC1CCN(c2cc(-c3ccccn3)[nH]n2)CC1)c1cccc(Cl)c1. The molecule has 0 radical (unpaired) electrons. The molecule has 2 N–H and O–H groups in total. The Balaban J connectivity index is 1.28. The third-order valence-electron chi connectivity index (χ3n) is 5.08. The summed E-state index contributed by atoms with van der Waals surface area (Å²) in [5.41, 5.74) is 2.41. The lowest BCUT2D eigenvalue weighted by Crippen LogP contribution is -2.38. The van der Waals surface area contributed by atoms with E-state index in [2.05, 4.69) is 25.4 Å². The molecule has 0 bridgehead atoms. The van der Waals surface area contributed by atoms with Crippen LogP contribution in [0, 0.1) is 5.92 Å². The summed E-state index contributed by atoms with van der Waals surface area (Å²) in [4.78, 5) is 18.9. The molecule has 1 saturated heterocycles. The number of halogens is 1. The van der Waals surface area contributed by atoms with E-state index in [1.807, 2.05) is 24.3 Å². The van der Waals surface area contributed by atoms with Gasteiger partial charge in [-0.25, -0.2) is 0 Å². The number of amides is 1. The van der Waals surface area contributed by atoms with Crippen LogP contribution in [0.1, 0.15) is 23.2 Å². The molecule has 0 unspecified atom stereocenters. The molecule has 1 amide bonds. The summed E-state index contributed by atoms with van der Waals surface area (Å²) in [5, 5.41) is 11.1. The second kappa shape index (κ2) is 8.44. The molecule has 0 atom stereocenters. The Kier molecular flexibility index (Phi) is 5.58. The predicted molar refractivity (Wildman–Crippen MR) is 111 cm³/mol. The maximum absolute atomic E-state index is 12.3. The third kappa shape index (κ3) is 4.34. The zero-order valence-electron chi connectivity index (χ0n) is 15.4. The van der Waals surface area contributed by atoms with E-state index in [9.17, 15) is 4.79 Å². The van der Waals surface area contributed by atoms with Gasteiger partial charge in [0, 0.05) is 42.5 Å². The molecule has 7 heteroatoms. The first-order valence-electron chi connectivity index (χ1n) is 9.44. The molecule has 3 aromatic rings. The average Bonchev–Trinajstić information content (AvgIpc) is 3.23. The average molecular weight is 396 g/mol. The number of benzene rings is 1. The summed E-state index contributed by atoms with van der Waals surface area (Å²) in [6.45, 7) is 2.52. The number of nitrogens with zero attached hydrogens (tertiary/aromatic N) is 3. The van der Waals surface area contributed by atoms with E-state index < -0.39 is 0 Å². The van der Waals surface area contributed by atoms with Gasteiger partial charge in [-0.2, -0.15) is 5.10 Å². The molecular weight excluding hydrogens is 374 g/mol. The standard InChI is InChI=1S/C21H22ClN5O/c22-17-5-3-4-16(12-17)21(28)24-14-15-7-10-27(11-8-15)20-13-19(25-26-20)18-6-1-2-9-23-18/h1-6,9,12-13,15H,7-8,10-11,14H2,(H,24,28)(H,25,26). The van der Waals surface area contributed by atoms with Crippen LogP contribution in [0.4, 0.5) is 5.82 Å². The zero-order valence-corrected chi connectivity index (χ0v) is 16.2. The van der Waals surface area contributed by atoms with Gasteiger partial charge in [0.2, 0.25) is 0 Å². The highest BCUT2D eigenvalue weighted by Gasteiger charge is 2.22. The zero-order chi connectivity index (χ0) is 19.3. The van der Waals surface area contributed by atoms with Gasteiger partial charge in [0.1, 0.15) is 0 Å². The van der Waals surface area contributed by atoms with Crippen molar-refractivity contribution in [2.45, 2.75) is 12.8 Å². The molecule has 144 valence electrons. The number of pyridine rings is 1. The number of anilines is 1. The van der Waals surface area contributed by atoms with Crippen LogP contribution in [0.3, 0.4) is 0 Å². The van der Waals surface area contributed by atoms with Crippen molar-refractivity contribution in [2.24, 2.45) is 5.92 Å². The van der Waals surface area contributed by atoms with Crippen molar-refractivity contribution in [3.05, 3.63) is 65.3 Å². The normalized spacial score (nSPS) is 14.8. The Hall–Kier alpha value is -2.86. The van der Waals surface area contributed by atoms with Gasteiger partial charge in [0.15, 0.2) is 5.82 Å². The second-order valence-corrected chi connectivity index (χ2v) is 7.44. The molecule has 1 aliphatic rings. The first kappa shape index (κ1) is 18.5. The minimum atomic E-state index is -0.0720. The van der Waals surface area contributed by atoms with Crippen LogP contribution in [0.25, 0.3) is 11.4 Å². The van der Waals surface area contributed by atoms with Gasteiger partial charge in [0.25, 0.3) is 5.91 Å². The number of aromatic amines is 1. The lowest BCUT2D eigenvalue weighted by atomic mass is 9.96. The van der Waals surface area contributed by atoms with Gasteiger partial charge in [-0.05, 0) is 49.1 Å². The molecule has 2 aromatic heterocycles. The largest absolute Gasteiger partial charge is 0.355 e. The number of rotatable bonds is 5. The maximum atomic E-state index is 12.3. The molecule has 3 heterocycles. The molecule has 28 heavy (non-hydrogen) atoms. The highest BCUT2D eigenvalue weighted by molar-refractivity contribution is 6.30. The summed E-state index contributed by atoms with van der Waals surface area (Å²) in [6, 6.07) is 14.9. The fourth-order valence-corrected chi connectivity index (χ4v) is 3.65. The van der Waals surface area contributed by atoms with E-state index >= 15 is 0 Å². The topological polar surface area (TPSA) is 73.9 Å². The second-order valence-electron chi connectivity index (χ2n) is 7.01. The van der Waals surface area contributed by atoms with E-state index in [0.717, 1.165) is 43.1 Å². The number of hydrogen-bond donors (Lipinski definition) is 2. The van der Waals surface area contributed by atoms with Crippen LogP contribution in [0.15, 0.2) is 54.7 Å². The van der Waals surface area contributed by atoms with E-state index in [4.69, 9.17) is 11.6 Å². The monoisotopic (exact) mass is 395 g/mol.